The van der Waals surface area contributed by atoms with Crippen LogP contribution < -0.4 is 0 Å². The lowest BCUT2D eigenvalue weighted by atomic mass is 11.8. The molecule has 9 heteroatoms. The van der Waals surface area contributed by atoms with Gasteiger partial charge in [0.05, 0.1) is 0 Å². The van der Waals surface area contributed by atoms with Crippen LogP contribution in [0.5, 0.6) is 0 Å². The molecule has 0 unspecified atom stereocenters. The molecule has 0 aliphatic rings. The fourth-order valence-electron chi connectivity index (χ4n) is 2.38. The van der Waals surface area contributed by atoms with E-state index in [4.69, 9.17) is 16.5 Å². The second kappa shape index (κ2) is 9.03. The predicted octanol–water partition coefficient (Wildman–Crippen LogP) is 6.59. The van der Waals surface area contributed by atoms with Crippen molar-refractivity contribution in [2.75, 3.05) is 0 Å². The van der Waals surface area contributed by atoms with Gasteiger partial charge in [0.15, 0.2) is 25.0 Å². The van der Waals surface area contributed by atoms with E-state index in [9.17, 15) is 0 Å². The topological polar surface area (TPSA) is 36.9 Å². The smallest absolute Gasteiger partial charge is 0.437 e. The Morgan fingerprint density at radius 2 is 0.739 bits per heavy atom. The number of hydrogen-bond acceptors (Lipinski definition) is 4. The molecule has 0 heterocycles. The highest BCUT2D eigenvalue weighted by molar-refractivity contribution is 6.90. The van der Waals surface area contributed by atoms with E-state index in [1.807, 2.05) is 6.55 Å². The lowest BCUT2D eigenvalue weighted by Gasteiger charge is -2.42. The summed E-state index contributed by atoms with van der Waals surface area (Å²) in [5.74, 6) is 0. The van der Waals surface area contributed by atoms with E-state index in [2.05, 4.69) is 72.0 Å². The van der Waals surface area contributed by atoms with Gasteiger partial charge in [-0.1, -0.05) is 14.9 Å². The van der Waals surface area contributed by atoms with Crippen LogP contribution in [0.1, 0.15) is 17.7 Å². The third kappa shape index (κ3) is 16.2. The zero-order chi connectivity index (χ0) is 17.3. The minimum Gasteiger partial charge on any atom is -0.437 e. The van der Waals surface area contributed by atoms with Gasteiger partial charge in [-0.3, -0.25) is 0 Å². The van der Waals surface area contributed by atoms with Gasteiger partial charge in [-0.2, -0.15) is 0 Å². The van der Waals surface area contributed by atoms with Gasteiger partial charge in [0, 0.05) is 9.40 Å². The van der Waals surface area contributed by atoms with Crippen molar-refractivity contribution in [2.45, 2.75) is 93.4 Å². The zero-order valence-corrected chi connectivity index (χ0v) is 21.1. The van der Waals surface area contributed by atoms with Gasteiger partial charge in [0.2, 0.25) is 0 Å². The largest absolute Gasteiger partial charge is 0.467 e. The Kier molecular flexibility index (Phi) is 11.3. The average molecular weight is 424 g/mol. The molecule has 0 rings (SSSR count). The highest BCUT2D eigenvalue weighted by atomic mass is 28.5. The monoisotopic (exact) mass is 423 g/mol. The van der Waals surface area contributed by atoms with Crippen molar-refractivity contribution in [2.24, 2.45) is 0 Å². The summed E-state index contributed by atoms with van der Waals surface area (Å²) in [5, 5.41) is 0. The molecule has 23 heavy (non-hydrogen) atoms. The summed E-state index contributed by atoms with van der Waals surface area (Å²) in [6.45, 7) is 26.0. The summed E-state index contributed by atoms with van der Waals surface area (Å²) in [6.07, 6.45) is 0. The SMILES string of the molecule is C.C.C[Si](C)(C)O[Si](C)(C)O[Si](C)(O[Si](C)(C)C)O[Si](C)(C)C.[2HH].[3HH]. The lowest BCUT2D eigenvalue weighted by molar-refractivity contribution is 0.236. The zero-order valence-electron chi connectivity index (χ0n) is 16.1. The quantitative estimate of drug-likeness (QED) is 0.412. The normalized spacial score (nSPS) is 14.1. The Balaban J connectivity index is -0.000000333. The molecule has 0 saturated heterocycles. The van der Waals surface area contributed by atoms with Crippen LogP contribution >= 0.6 is 0 Å². The third-order valence-corrected chi connectivity index (χ3v) is 17.7. The fraction of sp³-hybridized carbons (Fsp3) is 1.00. The van der Waals surface area contributed by atoms with Crippen molar-refractivity contribution in [3.05, 3.63) is 0 Å². The first-order valence-corrected chi connectivity index (χ1v) is 22.9. The van der Waals surface area contributed by atoms with Crippen molar-refractivity contribution < 1.29 is 19.3 Å². The molecule has 0 aliphatic carbocycles. The van der Waals surface area contributed by atoms with Gasteiger partial charge >= 0.3 is 17.4 Å². The maximum absolute atomic E-state index is 6.47. The van der Waals surface area contributed by atoms with Gasteiger partial charge in [-0.05, 0) is 72.0 Å². The Morgan fingerprint density at radius 1 is 0.478 bits per heavy atom. The molecule has 0 spiro atoms. The molecule has 0 fully saturated rings. The van der Waals surface area contributed by atoms with Crippen molar-refractivity contribution in [1.29, 1.82) is 0 Å². The Morgan fingerprint density at radius 3 is 0.957 bits per heavy atom. The first kappa shape index (κ1) is 28.7. The van der Waals surface area contributed by atoms with Gasteiger partial charge in [0.25, 0.3) is 0 Å². The van der Waals surface area contributed by atoms with Crippen LogP contribution in [-0.4, -0.2) is 42.3 Å². The van der Waals surface area contributed by atoms with E-state index in [0.29, 0.717) is 0 Å². The molecule has 0 aromatic heterocycles. The second-order valence-electron chi connectivity index (χ2n) is 9.01. The van der Waals surface area contributed by atoms with Gasteiger partial charge < -0.3 is 16.5 Å². The molecule has 4 nitrogen and oxygen atoms in total. The molecule has 0 bridgehead atoms. The lowest BCUT2D eigenvalue weighted by Crippen LogP contribution is -2.61. The van der Waals surface area contributed by atoms with E-state index < -0.39 is 42.3 Å². The highest BCUT2D eigenvalue weighted by Gasteiger charge is 2.48. The molecule has 148 valence electrons. The van der Waals surface area contributed by atoms with E-state index >= 15 is 0 Å². The van der Waals surface area contributed by atoms with E-state index in [0.717, 1.165) is 0 Å². The summed E-state index contributed by atoms with van der Waals surface area (Å²) >= 11 is 0. The Labute approximate surface area is 155 Å². The molecule has 0 radical (unpaired) electrons. The highest BCUT2D eigenvalue weighted by Crippen LogP contribution is 2.27. The van der Waals surface area contributed by atoms with Crippen LogP contribution in [0.25, 0.3) is 0 Å². The minimum absolute atomic E-state index is 0. The van der Waals surface area contributed by atoms with Crippen molar-refractivity contribution in [3.8, 4) is 0 Å². The standard InChI is InChI=1S/C12H36O4Si5.2CH4.2H2/c1-17(2,3)13-20(10,11)16-21(12,14-18(4,5)6)15-19(7,8)9;;;;/h1-12H3;2*1H4;2*1H/i;;;1+2;1+1. The van der Waals surface area contributed by atoms with Gasteiger partial charge in [-0.15, -0.1) is 0 Å². The molecule has 0 amide bonds. The van der Waals surface area contributed by atoms with Gasteiger partial charge in [0.1, 0.15) is 0 Å². The summed E-state index contributed by atoms with van der Waals surface area (Å²) in [5.41, 5.74) is 0. The van der Waals surface area contributed by atoms with Crippen LogP contribution in [0, 0.1) is 0 Å². The van der Waals surface area contributed by atoms with Crippen molar-refractivity contribution >= 4 is 42.3 Å². The Hall–Kier alpha value is 0.924. The average Bonchev–Trinajstić information content (AvgIpc) is 1.83. The Bertz CT molecular complexity index is 337. The molecule has 0 aliphatic heterocycles. The number of hydrogen-bond donors (Lipinski definition) is 0. The summed E-state index contributed by atoms with van der Waals surface area (Å²) in [4.78, 5) is 0. The molecule has 0 aromatic carbocycles. The maximum Gasteiger partial charge on any atom is 0.467 e. The molecule has 0 atom stereocenters. The summed E-state index contributed by atoms with van der Waals surface area (Å²) in [7, 11) is -10.0. The van der Waals surface area contributed by atoms with Crippen LogP contribution in [0.3, 0.4) is 0 Å². The number of rotatable bonds is 8. The van der Waals surface area contributed by atoms with Crippen molar-refractivity contribution in [1.82, 2.24) is 0 Å². The fourth-order valence-corrected chi connectivity index (χ4v) is 22.9. The first-order chi connectivity index (χ1) is 8.83. The van der Waals surface area contributed by atoms with E-state index in [-0.39, 0.29) is 17.7 Å². The second-order valence-corrected chi connectivity index (χ2v) is 29.5. The molecular weight excluding hydrogens is 373 g/mol. The molecular formula is C14H48O4Si5. The summed E-state index contributed by atoms with van der Waals surface area (Å²) < 4.78 is 25.6. The van der Waals surface area contributed by atoms with Crippen LogP contribution in [0.2, 0.25) is 78.6 Å². The molecule has 0 N–H and O–H groups in total. The summed E-state index contributed by atoms with van der Waals surface area (Å²) in [6, 6.07) is 0. The van der Waals surface area contributed by atoms with Crippen LogP contribution in [0.15, 0.2) is 0 Å². The van der Waals surface area contributed by atoms with Crippen LogP contribution in [0.4, 0.5) is 0 Å². The molecule has 0 saturated carbocycles. The van der Waals surface area contributed by atoms with Crippen LogP contribution in [-0.2, 0) is 16.5 Å². The van der Waals surface area contributed by atoms with Crippen molar-refractivity contribution in [3.63, 3.8) is 0 Å². The van der Waals surface area contributed by atoms with E-state index in [1.54, 1.807) is 0 Å². The van der Waals surface area contributed by atoms with E-state index in [1.165, 1.54) is 0 Å². The minimum atomic E-state index is -2.67. The third-order valence-electron chi connectivity index (χ3n) is 1.97. The maximum atomic E-state index is 6.47. The molecule has 0 aromatic rings. The predicted molar refractivity (Wildman–Crippen MR) is 121 cm³/mol. The van der Waals surface area contributed by atoms with Gasteiger partial charge in [-0.25, -0.2) is 0 Å². The first-order valence-electron chi connectivity index (χ1n) is 7.63.